The molecule has 6 heteroatoms. The van der Waals surface area contributed by atoms with Gasteiger partial charge in [0.05, 0.1) is 12.6 Å². The third kappa shape index (κ3) is 2.32. The summed E-state index contributed by atoms with van der Waals surface area (Å²) in [6, 6.07) is 12.3. The molecule has 3 aromatic rings. The third-order valence-corrected chi connectivity index (χ3v) is 3.44. The highest BCUT2D eigenvalue weighted by Gasteiger charge is 2.16. The van der Waals surface area contributed by atoms with Gasteiger partial charge in [-0.3, -0.25) is 4.79 Å². The normalized spacial score (nSPS) is 11.1. The summed E-state index contributed by atoms with van der Waals surface area (Å²) in [7, 11) is 1.56. The van der Waals surface area contributed by atoms with Crippen LogP contribution in [0.2, 0.25) is 0 Å². The van der Waals surface area contributed by atoms with Crippen LogP contribution >= 0.6 is 0 Å². The van der Waals surface area contributed by atoms with E-state index in [1.165, 1.54) is 0 Å². The zero-order valence-electron chi connectivity index (χ0n) is 11.7. The number of halogens is 2. The number of hydrogen-bond acceptors (Lipinski definition) is 3. The van der Waals surface area contributed by atoms with Crippen molar-refractivity contribution in [2.45, 2.75) is 6.55 Å². The Bertz CT molecular complexity index is 843. The van der Waals surface area contributed by atoms with E-state index in [9.17, 15) is 13.6 Å². The maximum Gasteiger partial charge on any atom is 0.333 e. The molecule has 0 aliphatic heterocycles. The van der Waals surface area contributed by atoms with Crippen LogP contribution in [0.15, 0.2) is 42.5 Å². The number of aromatic nitrogens is 2. The second-order valence-corrected chi connectivity index (χ2v) is 4.69. The summed E-state index contributed by atoms with van der Waals surface area (Å²) in [5, 5.41) is 4.05. The van der Waals surface area contributed by atoms with Gasteiger partial charge in [-0.05, 0) is 35.4 Å². The molecule has 0 atom stereocenters. The summed E-state index contributed by atoms with van der Waals surface area (Å²) >= 11 is 0. The summed E-state index contributed by atoms with van der Waals surface area (Å²) in [6.07, 6.45) is 0.479. The first-order valence-electron chi connectivity index (χ1n) is 6.54. The molecule has 0 aliphatic carbocycles. The van der Waals surface area contributed by atoms with Crippen molar-refractivity contribution in [3.63, 3.8) is 0 Å². The van der Waals surface area contributed by atoms with Crippen LogP contribution in [0.4, 0.5) is 8.78 Å². The molecule has 2 aromatic carbocycles. The molecule has 1 heterocycles. The van der Waals surface area contributed by atoms with Gasteiger partial charge in [-0.25, -0.2) is 4.68 Å². The molecule has 1 aromatic heterocycles. The molecule has 0 saturated heterocycles. The lowest BCUT2D eigenvalue weighted by molar-refractivity contribution is 0.0611. The Kier molecular flexibility index (Phi) is 3.58. The van der Waals surface area contributed by atoms with E-state index < -0.39 is 6.55 Å². The minimum absolute atomic E-state index is 0.00694. The van der Waals surface area contributed by atoms with E-state index in [4.69, 9.17) is 4.74 Å². The molecule has 4 nitrogen and oxygen atoms in total. The fourth-order valence-corrected chi connectivity index (χ4v) is 2.38. The number of ether oxygens (including phenoxy) is 1. The molecule has 112 valence electrons. The van der Waals surface area contributed by atoms with Crippen LogP contribution in [0.25, 0.3) is 22.0 Å². The number of carbonyl (C=O) groups excluding carboxylic acids is 1. The van der Waals surface area contributed by atoms with Gasteiger partial charge in [0, 0.05) is 5.39 Å². The zero-order valence-corrected chi connectivity index (χ0v) is 11.7. The zero-order chi connectivity index (χ0) is 15.7. The molecule has 0 saturated carbocycles. The highest BCUT2D eigenvalue weighted by Crippen LogP contribution is 2.29. The molecule has 0 spiro atoms. The third-order valence-electron chi connectivity index (χ3n) is 3.44. The van der Waals surface area contributed by atoms with E-state index in [1.54, 1.807) is 31.4 Å². The van der Waals surface area contributed by atoms with Crippen molar-refractivity contribution in [2.75, 3.05) is 7.11 Å². The molecule has 0 radical (unpaired) electrons. The highest BCUT2D eigenvalue weighted by atomic mass is 19.3. The highest BCUT2D eigenvalue weighted by molar-refractivity contribution is 5.97. The number of hydrogen-bond donors (Lipinski definition) is 0. The van der Waals surface area contributed by atoms with E-state index in [0.29, 0.717) is 22.1 Å². The summed E-state index contributed by atoms with van der Waals surface area (Å²) < 4.78 is 31.8. The summed E-state index contributed by atoms with van der Waals surface area (Å²) in [6.45, 7) is -2.81. The van der Waals surface area contributed by atoms with Crippen molar-refractivity contribution in [2.24, 2.45) is 0 Å². The molecule has 0 amide bonds. The van der Waals surface area contributed by atoms with Gasteiger partial charge in [0.1, 0.15) is 11.4 Å². The largest absolute Gasteiger partial charge is 0.497 e. The predicted molar refractivity (Wildman–Crippen MR) is 78.4 cm³/mol. The molecule has 3 rings (SSSR count). The van der Waals surface area contributed by atoms with Gasteiger partial charge in [0.2, 0.25) is 0 Å². The van der Waals surface area contributed by atoms with Crippen molar-refractivity contribution in [1.29, 1.82) is 0 Å². The van der Waals surface area contributed by atoms with Gasteiger partial charge in [-0.2, -0.15) is 13.9 Å². The lowest BCUT2D eigenvalue weighted by atomic mass is 10.0. The van der Waals surface area contributed by atoms with E-state index >= 15 is 0 Å². The molecular weight excluding hydrogens is 290 g/mol. The minimum Gasteiger partial charge on any atom is -0.497 e. The van der Waals surface area contributed by atoms with Crippen LogP contribution in [0.5, 0.6) is 5.75 Å². The van der Waals surface area contributed by atoms with Crippen molar-refractivity contribution < 1.29 is 18.3 Å². The first-order chi connectivity index (χ1) is 10.6. The quantitative estimate of drug-likeness (QED) is 0.686. The van der Waals surface area contributed by atoms with Crippen LogP contribution in [0.1, 0.15) is 17.0 Å². The minimum atomic E-state index is -2.81. The first-order valence-corrected chi connectivity index (χ1v) is 6.54. The van der Waals surface area contributed by atoms with Gasteiger partial charge < -0.3 is 4.74 Å². The molecule has 0 bridgehead atoms. The molecular formula is C16H12F2N2O2. The van der Waals surface area contributed by atoms with E-state index in [1.807, 2.05) is 18.2 Å². The smallest absolute Gasteiger partial charge is 0.333 e. The molecule has 0 fully saturated rings. The fourth-order valence-electron chi connectivity index (χ4n) is 2.38. The van der Waals surface area contributed by atoms with Gasteiger partial charge in [0.25, 0.3) is 0 Å². The average Bonchev–Trinajstić information content (AvgIpc) is 2.93. The average molecular weight is 302 g/mol. The molecule has 0 unspecified atom stereocenters. The van der Waals surface area contributed by atoms with Gasteiger partial charge in [-0.1, -0.05) is 18.2 Å². The Hall–Kier alpha value is -2.76. The molecule has 0 N–H and O–H groups in total. The fraction of sp³-hybridized carbons (Fsp3) is 0.125. The van der Waals surface area contributed by atoms with Crippen LogP contribution in [-0.4, -0.2) is 23.2 Å². The van der Waals surface area contributed by atoms with Crippen molar-refractivity contribution >= 4 is 17.2 Å². The van der Waals surface area contributed by atoms with E-state index in [0.717, 1.165) is 11.1 Å². The van der Waals surface area contributed by atoms with Crippen LogP contribution in [0.3, 0.4) is 0 Å². The van der Waals surface area contributed by atoms with E-state index in [-0.39, 0.29) is 11.2 Å². The Balaban J connectivity index is 2.20. The topological polar surface area (TPSA) is 44.1 Å². The number of nitrogens with zero attached hydrogens (tertiary/aromatic N) is 2. The standard InChI is InChI=1S/C16H12F2N2O2/c1-22-12-4-2-3-10(7-12)11-5-6-13-14(9-21)19-20(16(17)18)15(13)8-11/h2-9,16H,1H3. The summed E-state index contributed by atoms with van der Waals surface area (Å²) in [5.74, 6) is 0.675. The van der Waals surface area contributed by atoms with Gasteiger partial charge in [-0.15, -0.1) is 0 Å². The van der Waals surface area contributed by atoms with Crippen LogP contribution in [0, 0.1) is 0 Å². The second-order valence-electron chi connectivity index (χ2n) is 4.69. The number of fused-ring (bicyclic) bond motifs is 1. The Morgan fingerprint density at radius 3 is 2.64 bits per heavy atom. The van der Waals surface area contributed by atoms with Crippen LogP contribution in [-0.2, 0) is 0 Å². The monoisotopic (exact) mass is 302 g/mol. The second kappa shape index (κ2) is 5.55. The number of carbonyl (C=O) groups is 1. The Labute approximate surface area is 124 Å². The van der Waals surface area contributed by atoms with Gasteiger partial charge in [0.15, 0.2) is 6.29 Å². The summed E-state index contributed by atoms with van der Waals surface area (Å²) in [5.41, 5.74) is 1.80. The van der Waals surface area contributed by atoms with Crippen LogP contribution < -0.4 is 4.74 Å². The lowest BCUT2D eigenvalue weighted by Gasteiger charge is -2.06. The van der Waals surface area contributed by atoms with Crippen molar-refractivity contribution in [1.82, 2.24) is 9.78 Å². The Morgan fingerprint density at radius 1 is 1.18 bits per heavy atom. The van der Waals surface area contributed by atoms with Crippen molar-refractivity contribution in [3.05, 3.63) is 48.2 Å². The number of methoxy groups -OCH3 is 1. The first kappa shape index (κ1) is 14.2. The predicted octanol–water partition coefficient (Wildman–Crippen LogP) is 3.92. The molecule has 22 heavy (non-hydrogen) atoms. The van der Waals surface area contributed by atoms with E-state index in [2.05, 4.69) is 5.10 Å². The number of alkyl halides is 2. The molecule has 0 aliphatic rings. The number of benzene rings is 2. The maximum atomic E-state index is 13.1. The van der Waals surface area contributed by atoms with Crippen molar-refractivity contribution in [3.8, 4) is 16.9 Å². The number of rotatable bonds is 4. The SMILES string of the molecule is COc1cccc(-c2ccc3c(C=O)nn(C(F)F)c3c2)c1. The Morgan fingerprint density at radius 2 is 1.95 bits per heavy atom. The lowest BCUT2D eigenvalue weighted by Crippen LogP contribution is -2.00. The van der Waals surface area contributed by atoms with Gasteiger partial charge >= 0.3 is 6.55 Å². The number of aldehydes is 1. The maximum absolute atomic E-state index is 13.1. The summed E-state index contributed by atoms with van der Waals surface area (Å²) in [4.78, 5) is 11.0.